The number of carbonyl (C=O) groups excluding carboxylic acids is 1. The van der Waals surface area contributed by atoms with Crippen molar-refractivity contribution in [2.45, 2.75) is 95.0 Å². The Labute approximate surface area is 304 Å². The lowest BCUT2D eigenvalue weighted by molar-refractivity contribution is -0.137. The van der Waals surface area contributed by atoms with E-state index in [2.05, 4.69) is 20.1 Å². The molecule has 1 amide bonds. The third-order valence-electron chi connectivity index (χ3n) is 10.5. The van der Waals surface area contributed by atoms with Crippen LogP contribution < -0.4 is 4.90 Å². The molecule has 0 radical (unpaired) electrons. The molecule has 7 heterocycles. The lowest BCUT2D eigenvalue weighted by Crippen LogP contribution is -2.57. The Balaban J connectivity index is 1.35. The number of fused-ring (bicyclic) bond motifs is 6. The van der Waals surface area contributed by atoms with Crippen LogP contribution in [0.2, 0.25) is 0 Å². The molecule has 0 aliphatic carbocycles. The number of anilines is 1. The molecule has 4 aromatic heterocycles. The molecule has 3 saturated heterocycles. The molecule has 3 aliphatic heterocycles. The van der Waals surface area contributed by atoms with Gasteiger partial charge in [0.2, 0.25) is 9.84 Å². The van der Waals surface area contributed by atoms with Crippen LogP contribution >= 0.6 is 0 Å². The first-order chi connectivity index (χ1) is 24.9. The Morgan fingerprint density at radius 2 is 1.75 bits per heavy atom. The number of benzene rings is 1. The highest BCUT2D eigenvalue weighted by atomic mass is 32.2. The number of amides is 1. The minimum atomic E-state index is -4.74. The van der Waals surface area contributed by atoms with Gasteiger partial charge in [-0.1, -0.05) is 0 Å². The predicted octanol–water partition coefficient (Wildman–Crippen LogP) is 6.55. The molecular weight excluding hydrogens is 714 g/mol. The predicted molar refractivity (Wildman–Crippen MR) is 191 cm³/mol. The summed E-state index contributed by atoms with van der Waals surface area (Å²) < 4.78 is 86.4. The zero-order valence-corrected chi connectivity index (χ0v) is 31.2. The number of hydrogen-bond donors (Lipinski definition) is 0. The van der Waals surface area contributed by atoms with Crippen LogP contribution in [0.4, 0.5) is 23.8 Å². The van der Waals surface area contributed by atoms with Crippen molar-refractivity contribution in [2.75, 3.05) is 30.9 Å². The summed E-state index contributed by atoms with van der Waals surface area (Å²) >= 11 is 0. The molecule has 1 aromatic carbocycles. The minimum Gasteiger partial charge on any atom is -0.444 e. The fourth-order valence-corrected chi connectivity index (χ4v) is 8.85. The van der Waals surface area contributed by atoms with E-state index in [0.717, 1.165) is 31.9 Å². The number of ether oxygens (including phenoxy) is 2. The van der Waals surface area contributed by atoms with Gasteiger partial charge < -0.3 is 18.9 Å². The molecule has 5 aromatic rings. The van der Waals surface area contributed by atoms with E-state index in [0.29, 0.717) is 53.7 Å². The molecule has 3 unspecified atom stereocenters. The molecule has 0 saturated carbocycles. The van der Waals surface area contributed by atoms with Crippen molar-refractivity contribution < 1.29 is 35.9 Å². The molecule has 2 bridgehead atoms. The van der Waals surface area contributed by atoms with E-state index in [9.17, 15) is 13.2 Å². The van der Waals surface area contributed by atoms with Crippen LogP contribution in [0.15, 0.2) is 29.7 Å². The highest BCUT2D eigenvalue weighted by Gasteiger charge is 2.46. The SMILES string of the molecule is Cc1cc2c(cnn2C2CCCCO2)c(-c2nccc3c4c(N5CC6CCC(C5)N6C(=O)OC(C)(C)C)nc(S(C)(=O)=O)nc4n(C)c23)c1C(F)(F)F. The molecule has 13 nitrogen and oxygen atoms in total. The summed E-state index contributed by atoms with van der Waals surface area (Å²) in [5.41, 5.74) is -0.534. The second-order valence-electron chi connectivity index (χ2n) is 15.4. The quantitative estimate of drug-likeness (QED) is 0.186. The van der Waals surface area contributed by atoms with Crippen LogP contribution in [-0.4, -0.2) is 92.3 Å². The Hall–Kier alpha value is -4.51. The van der Waals surface area contributed by atoms with E-state index in [1.807, 2.05) is 25.7 Å². The standard InChI is InChI=1S/C36H41F3N8O5S/c1-19-15-24-23(16-41-47(24)25-9-7-8-14-51-25)26(28(19)36(37,38)39)29-30-22(12-13-40-29)27-31(44(30)5)42-33(53(6,49)50)43-32(27)45-17-20-10-11-21(18-45)46(20)34(48)52-35(2,3)4/h12-13,15-16,20-21,25H,7-11,14,17-18H2,1-6H3. The fraction of sp³-hybridized carbons (Fsp3) is 0.528. The molecule has 0 N–H and O–H groups in total. The maximum absolute atomic E-state index is 15.1. The van der Waals surface area contributed by atoms with Gasteiger partial charge in [-0.25, -0.2) is 22.9 Å². The summed E-state index contributed by atoms with van der Waals surface area (Å²) in [7, 11) is -2.29. The minimum absolute atomic E-state index is 0.00769. The van der Waals surface area contributed by atoms with Crippen molar-refractivity contribution in [1.29, 1.82) is 0 Å². The summed E-state index contributed by atoms with van der Waals surface area (Å²) in [6, 6.07) is 2.75. The van der Waals surface area contributed by atoms with Gasteiger partial charge in [0.1, 0.15) is 17.1 Å². The maximum Gasteiger partial charge on any atom is 0.417 e. The van der Waals surface area contributed by atoms with Gasteiger partial charge >= 0.3 is 12.3 Å². The summed E-state index contributed by atoms with van der Waals surface area (Å²) in [6.45, 7) is 8.09. The van der Waals surface area contributed by atoms with Gasteiger partial charge in [-0.15, -0.1) is 0 Å². The Bertz CT molecular complexity index is 2400. The molecule has 282 valence electrons. The highest BCUT2D eigenvalue weighted by molar-refractivity contribution is 7.90. The largest absolute Gasteiger partial charge is 0.444 e. The third kappa shape index (κ3) is 5.95. The number of alkyl halides is 3. The summed E-state index contributed by atoms with van der Waals surface area (Å²) in [5, 5.41) is 5.38. The van der Waals surface area contributed by atoms with E-state index in [1.54, 1.807) is 27.3 Å². The van der Waals surface area contributed by atoms with Crippen molar-refractivity contribution in [3.8, 4) is 11.3 Å². The van der Waals surface area contributed by atoms with Gasteiger partial charge in [-0.3, -0.25) is 9.88 Å². The number of aromatic nitrogens is 6. The summed E-state index contributed by atoms with van der Waals surface area (Å²) in [4.78, 5) is 30.7. The molecule has 17 heteroatoms. The average molecular weight is 755 g/mol. The van der Waals surface area contributed by atoms with E-state index in [1.165, 1.54) is 25.4 Å². The number of pyridine rings is 1. The Morgan fingerprint density at radius 3 is 2.38 bits per heavy atom. The van der Waals surface area contributed by atoms with Crippen molar-refractivity contribution in [3.63, 3.8) is 0 Å². The highest BCUT2D eigenvalue weighted by Crippen LogP contribution is 2.47. The Kier molecular flexibility index (Phi) is 8.22. The van der Waals surface area contributed by atoms with Crippen molar-refractivity contribution in [2.24, 2.45) is 7.05 Å². The van der Waals surface area contributed by atoms with Crippen molar-refractivity contribution in [1.82, 2.24) is 34.2 Å². The van der Waals surface area contributed by atoms with Crippen LogP contribution in [0.5, 0.6) is 0 Å². The second kappa shape index (κ2) is 12.3. The molecule has 3 atom stereocenters. The Morgan fingerprint density at radius 1 is 1.04 bits per heavy atom. The number of halogens is 3. The molecule has 53 heavy (non-hydrogen) atoms. The first-order valence-corrected chi connectivity index (χ1v) is 19.6. The maximum atomic E-state index is 15.1. The summed E-state index contributed by atoms with van der Waals surface area (Å²) in [6.07, 6.45) is 2.29. The number of aryl methyl sites for hydroxylation is 2. The molecular formula is C36H41F3N8O5S. The zero-order chi connectivity index (χ0) is 37.8. The monoisotopic (exact) mass is 754 g/mol. The van der Waals surface area contributed by atoms with E-state index in [-0.39, 0.29) is 39.9 Å². The van der Waals surface area contributed by atoms with Gasteiger partial charge in [-0.2, -0.15) is 23.3 Å². The fourth-order valence-electron chi connectivity index (χ4n) is 8.34. The van der Waals surface area contributed by atoms with E-state index in [4.69, 9.17) is 9.47 Å². The number of nitrogens with zero attached hydrogens (tertiary/aromatic N) is 8. The first-order valence-electron chi connectivity index (χ1n) is 17.7. The van der Waals surface area contributed by atoms with E-state index < -0.39 is 44.7 Å². The van der Waals surface area contributed by atoms with Crippen LogP contribution in [0.3, 0.4) is 0 Å². The van der Waals surface area contributed by atoms with Gasteiger partial charge in [0, 0.05) is 55.5 Å². The number of piperazine rings is 1. The zero-order valence-electron chi connectivity index (χ0n) is 30.4. The molecule has 0 spiro atoms. The smallest absolute Gasteiger partial charge is 0.417 e. The van der Waals surface area contributed by atoms with Gasteiger partial charge in [0.05, 0.1) is 46.0 Å². The van der Waals surface area contributed by atoms with Crippen LogP contribution in [-0.2, 0) is 32.5 Å². The normalized spacial score (nSPS) is 21.3. The van der Waals surface area contributed by atoms with Crippen molar-refractivity contribution in [3.05, 3.63) is 35.7 Å². The lowest BCUT2D eigenvalue weighted by atomic mass is 9.94. The number of sulfone groups is 1. The molecule has 8 rings (SSSR count). The number of carbonyl (C=O) groups is 1. The van der Waals surface area contributed by atoms with Crippen molar-refractivity contribution >= 4 is 54.6 Å². The summed E-state index contributed by atoms with van der Waals surface area (Å²) in [5.74, 6) is 0.326. The lowest BCUT2D eigenvalue weighted by Gasteiger charge is -2.42. The van der Waals surface area contributed by atoms with Gasteiger partial charge in [-0.05, 0) is 77.5 Å². The van der Waals surface area contributed by atoms with Crippen LogP contribution in [0.25, 0.3) is 44.1 Å². The molecule has 3 fully saturated rings. The molecule has 3 aliphatic rings. The number of hydrogen-bond acceptors (Lipinski definition) is 10. The second-order valence-corrected chi connectivity index (χ2v) is 17.3. The average Bonchev–Trinajstić information content (AvgIpc) is 3.71. The topological polar surface area (TPSA) is 138 Å². The number of rotatable bonds is 4. The van der Waals surface area contributed by atoms with Crippen LogP contribution in [0, 0.1) is 6.92 Å². The first kappa shape index (κ1) is 35.5. The van der Waals surface area contributed by atoms with Crippen LogP contribution in [0.1, 0.15) is 70.2 Å². The van der Waals surface area contributed by atoms with E-state index >= 15 is 13.2 Å². The van der Waals surface area contributed by atoms with Gasteiger partial charge in [0.25, 0.3) is 5.16 Å². The van der Waals surface area contributed by atoms with Gasteiger partial charge in [0.15, 0.2) is 6.23 Å². The third-order valence-corrected chi connectivity index (χ3v) is 11.3.